The summed E-state index contributed by atoms with van der Waals surface area (Å²) in [5.41, 5.74) is 2.44. The number of nitro groups is 1. The Bertz CT molecular complexity index is 574. The van der Waals surface area contributed by atoms with Crippen molar-refractivity contribution in [2.75, 3.05) is 5.73 Å². The van der Waals surface area contributed by atoms with Crippen LogP contribution >= 0.6 is 0 Å². The van der Waals surface area contributed by atoms with E-state index in [9.17, 15) is 27.3 Å². The van der Waals surface area contributed by atoms with E-state index in [2.05, 4.69) is 10.1 Å². The maximum atomic E-state index is 12.7. The minimum Gasteiger partial charge on any atom is -0.378 e. The quantitative estimate of drug-likeness (QED) is 0.590. The van der Waals surface area contributed by atoms with Crippen LogP contribution in [0.1, 0.15) is 12.0 Å². The lowest BCUT2D eigenvalue weighted by molar-refractivity contribution is -0.385. The maximum Gasteiger partial charge on any atom is 0.321 e. The van der Waals surface area contributed by atoms with Crippen molar-refractivity contribution in [3.63, 3.8) is 0 Å². The van der Waals surface area contributed by atoms with Crippen LogP contribution in [0.5, 0.6) is 0 Å². The lowest BCUT2D eigenvalue weighted by atomic mass is 10.2. The summed E-state index contributed by atoms with van der Waals surface area (Å²) in [4.78, 5) is 11.3. The van der Waals surface area contributed by atoms with E-state index in [1.54, 1.807) is 0 Å². The van der Waals surface area contributed by atoms with Crippen molar-refractivity contribution in [1.29, 1.82) is 0 Å². The normalized spacial score (nSPS) is 11.8. The van der Waals surface area contributed by atoms with E-state index >= 15 is 0 Å². The summed E-state index contributed by atoms with van der Waals surface area (Å²) in [6.07, 6.45) is -2.96. The molecule has 0 fully saturated rings. The summed E-state index contributed by atoms with van der Waals surface area (Å²) in [5.74, 6) is -0.808. The molecule has 17 heavy (non-hydrogen) atoms. The molecule has 0 aromatic carbocycles. The van der Waals surface area contributed by atoms with Crippen molar-refractivity contribution >= 4 is 21.5 Å². The number of alkyl halides is 2. The molecule has 0 saturated carbocycles. The minimum absolute atomic E-state index is 0.458. The lowest BCUT2D eigenvalue weighted by Crippen LogP contribution is -2.17. The van der Waals surface area contributed by atoms with E-state index < -0.39 is 43.3 Å². The van der Waals surface area contributed by atoms with Gasteiger partial charge in [0, 0.05) is 0 Å². The van der Waals surface area contributed by atoms with Crippen molar-refractivity contribution in [2.45, 2.75) is 11.3 Å². The number of pyridine rings is 1. The number of primary sulfonamides is 1. The summed E-state index contributed by atoms with van der Waals surface area (Å²) >= 11 is 0. The molecule has 1 heterocycles. The summed E-state index contributed by atoms with van der Waals surface area (Å²) < 4.78 is 47.3. The summed E-state index contributed by atoms with van der Waals surface area (Å²) in [7, 11) is -4.55. The van der Waals surface area contributed by atoms with Gasteiger partial charge in [-0.2, -0.15) is 0 Å². The molecular weight excluding hydrogens is 262 g/mol. The molecule has 0 saturated heterocycles. The van der Waals surface area contributed by atoms with Crippen molar-refractivity contribution in [3.05, 3.63) is 21.9 Å². The molecule has 0 unspecified atom stereocenters. The van der Waals surface area contributed by atoms with Crippen LogP contribution < -0.4 is 10.9 Å². The van der Waals surface area contributed by atoms with Gasteiger partial charge in [0.1, 0.15) is 10.5 Å². The number of hydrogen-bond donors (Lipinski definition) is 2. The van der Waals surface area contributed by atoms with Crippen molar-refractivity contribution in [1.82, 2.24) is 4.98 Å². The molecule has 1 aromatic heterocycles. The molecular formula is C6H6F2N4O4S. The van der Waals surface area contributed by atoms with Gasteiger partial charge in [0.25, 0.3) is 6.43 Å². The van der Waals surface area contributed by atoms with Gasteiger partial charge in [-0.15, -0.1) is 0 Å². The van der Waals surface area contributed by atoms with Gasteiger partial charge >= 0.3 is 5.69 Å². The monoisotopic (exact) mass is 268 g/mol. The van der Waals surface area contributed by atoms with Crippen LogP contribution in [0, 0.1) is 10.1 Å². The van der Waals surface area contributed by atoms with Crippen molar-refractivity contribution in [2.24, 2.45) is 5.14 Å². The van der Waals surface area contributed by atoms with Gasteiger partial charge in [0.05, 0.1) is 11.1 Å². The van der Waals surface area contributed by atoms with Crippen LogP contribution in [-0.4, -0.2) is 18.3 Å². The predicted octanol–water partition coefficient (Wildman–Crippen LogP) is 0.157. The highest BCUT2D eigenvalue weighted by Gasteiger charge is 2.33. The Labute approximate surface area is 93.4 Å². The Kier molecular flexibility index (Phi) is 3.24. The zero-order valence-corrected chi connectivity index (χ0v) is 8.82. The van der Waals surface area contributed by atoms with Crippen molar-refractivity contribution < 1.29 is 22.1 Å². The number of nitrogen functional groups attached to an aromatic ring is 1. The second-order valence-electron chi connectivity index (χ2n) is 2.87. The third-order valence-corrected chi connectivity index (χ3v) is 2.73. The van der Waals surface area contributed by atoms with Gasteiger partial charge in [-0.05, 0) is 0 Å². The standard InChI is InChI=1S/C6H6F2N4O4S/c7-5(8)3-2(17(10,15)16)1-11-6(9)4(3)12(13)14/h1,5H,(H2,9,11)(H2,10,15,16). The highest BCUT2D eigenvalue weighted by Crippen LogP contribution is 2.36. The zero-order valence-electron chi connectivity index (χ0n) is 8.00. The molecule has 0 aliphatic carbocycles. The maximum absolute atomic E-state index is 12.7. The molecule has 0 bridgehead atoms. The number of rotatable bonds is 3. The number of nitrogens with zero attached hydrogens (tertiary/aromatic N) is 2. The molecule has 1 rings (SSSR count). The van der Waals surface area contributed by atoms with Gasteiger partial charge < -0.3 is 5.73 Å². The third kappa shape index (κ3) is 2.45. The number of hydrogen-bond acceptors (Lipinski definition) is 6. The number of nitrogens with two attached hydrogens (primary N) is 2. The second-order valence-corrected chi connectivity index (χ2v) is 4.40. The van der Waals surface area contributed by atoms with Crippen molar-refractivity contribution in [3.8, 4) is 0 Å². The van der Waals surface area contributed by atoms with Crippen LogP contribution in [0.3, 0.4) is 0 Å². The lowest BCUT2D eigenvalue weighted by Gasteiger charge is -2.08. The van der Waals surface area contributed by atoms with E-state index in [0.29, 0.717) is 6.20 Å². The van der Waals surface area contributed by atoms with E-state index in [-0.39, 0.29) is 0 Å². The summed E-state index contributed by atoms with van der Waals surface area (Å²) in [6, 6.07) is 0. The highest BCUT2D eigenvalue weighted by molar-refractivity contribution is 7.89. The fourth-order valence-electron chi connectivity index (χ4n) is 1.14. The van der Waals surface area contributed by atoms with Crippen LogP contribution in [0.2, 0.25) is 0 Å². The smallest absolute Gasteiger partial charge is 0.321 e. The van der Waals surface area contributed by atoms with E-state index in [0.717, 1.165) is 0 Å². The van der Waals surface area contributed by atoms with Crippen LogP contribution in [0.25, 0.3) is 0 Å². The minimum atomic E-state index is -4.55. The van der Waals surface area contributed by atoms with E-state index in [1.807, 2.05) is 0 Å². The SMILES string of the molecule is Nc1ncc(S(N)(=O)=O)c(C(F)F)c1[N+](=O)[O-]. The Morgan fingerprint density at radius 3 is 2.35 bits per heavy atom. The molecule has 0 aliphatic heterocycles. The fourth-order valence-corrected chi connectivity index (χ4v) is 1.83. The molecule has 94 valence electrons. The summed E-state index contributed by atoms with van der Waals surface area (Å²) in [5, 5.41) is 15.2. The first-order valence-corrected chi connectivity index (χ1v) is 5.44. The van der Waals surface area contributed by atoms with Crippen LogP contribution in [-0.2, 0) is 10.0 Å². The van der Waals surface area contributed by atoms with E-state index in [1.165, 1.54) is 0 Å². The summed E-state index contributed by atoms with van der Waals surface area (Å²) in [6.45, 7) is 0. The average molecular weight is 268 g/mol. The van der Waals surface area contributed by atoms with Crippen LogP contribution in [0.4, 0.5) is 20.3 Å². The molecule has 8 nitrogen and oxygen atoms in total. The first kappa shape index (κ1) is 13.2. The van der Waals surface area contributed by atoms with Gasteiger partial charge in [0.15, 0.2) is 0 Å². The third-order valence-electron chi connectivity index (χ3n) is 1.79. The number of sulfonamides is 1. The highest BCUT2D eigenvalue weighted by atomic mass is 32.2. The average Bonchev–Trinajstić information content (AvgIpc) is 2.14. The van der Waals surface area contributed by atoms with Gasteiger partial charge in [-0.25, -0.2) is 27.3 Å². The second kappa shape index (κ2) is 4.18. The molecule has 0 aliphatic rings. The molecule has 11 heteroatoms. The fraction of sp³-hybridized carbons (Fsp3) is 0.167. The molecule has 0 radical (unpaired) electrons. The molecule has 4 N–H and O–H groups in total. The molecule has 1 aromatic rings. The van der Waals surface area contributed by atoms with Gasteiger partial charge in [-0.1, -0.05) is 0 Å². The topological polar surface area (TPSA) is 142 Å². The molecule has 0 amide bonds. The number of anilines is 1. The Morgan fingerprint density at radius 1 is 1.47 bits per heavy atom. The Balaban J connectivity index is 3.78. The largest absolute Gasteiger partial charge is 0.378 e. The number of halogens is 2. The molecule has 0 atom stereocenters. The molecule has 0 spiro atoms. The first-order valence-electron chi connectivity index (χ1n) is 3.90. The Morgan fingerprint density at radius 2 is 2.00 bits per heavy atom. The Hall–Kier alpha value is -1.88. The van der Waals surface area contributed by atoms with Crippen LogP contribution in [0.15, 0.2) is 11.1 Å². The first-order chi connectivity index (χ1) is 7.66. The zero-order chi connectivity index (χ0) is 13.4. The van der Waals surface area contributed by atoms with Gasteiger partial charge in [0.2, 0.25) is 15.8 Å². The number of aromatic nitrogens is 1. The van der Waals surface area contributed by atoms with E-state index in [4.69, 9.17) is 5.73 Å². The predicted molar refractivity (Wildman–Crippen MR) is 51.6 cm³/mol. The van der Waals surface area contributed by atoms with Gasteiger partial charge in [-0.3, -0.25) is 10.1 Å².